The molecule has 0 atom stereocenters. The smallest absolute Gasteiger partial charge is 0.328 e. The number of amides is 2. The van der Waals surface area contributed by atoms with Gasteiger partial charge in [0.1, 0.15) is 0 Å². The number of hydrogen-bond donors (Lipinski definition) is 2. The quantitative estimate of drug-likeness (QED) is 0.816. The minimum atomic E-state index is -0.990. The Morgan fingerprint density at radius 2 is 1.86 bits per heavy atom. The number of carboxylic acids is 1. The number of anilines is 1. The van der Waals surface area contributed by atoms with E-state index in [2.05, 4.69) is 5.32 Å². The highest BCUT2D eigenvalue weighted by molar-refractivity contribution is 5.90. The number of carbonyl (C=O) groups is 2. The largest absolute Gasteiger partial charge is 0.478 e. The topological polar surface area (TPSA) is 69.6 Å². The van der Waals surface area contributed by atoms with E-state index < -0.39 is 5.97 Å². The third-order valence-electron chi connectivity index (χ3n) is 3.66. The third-order valence-corrected chi connectivity index (χ3v) is 3.66. The van der Waals surface area contributed by atoms with Crippen molar-refractivity contribution in [1.29, 1.82) is 0 Å². The maximum Gasteiger partial charge on any atom is 0.328 e. The zero-order valence-corrected chi connectivity index (χ0v) is 12.9. The summed E-state index contributed by atoms with van der Waals surface area (Å²) in [4.78, 5) is 24.2. The minimum absolute atomic E-state index is 0.171. The Kier molecular flexibility index (Phi) is 5.52. The highest BCUT2D eigenvalue weighted by Crippen LogP contribution is 2.18. The zero-order chi connectivity index (χ0) is 16.0. The number of rotatable bonds is 5. The van der Waals surface area contributed by atoms with Gasteiger partial charge in [-0.25, -0.2) is 9.59 Å². The van der Waals surface area contributed by atoms with Gasteiger partial charge in [0.15, 0.2) is 0 Å². The molecule has 21 heavy (non-hydrogen) atoms. The van der Waals surface area contributed by atoms with E-state index in [1.165, 1.54) is 6.08 Å². The van der Waals surface area contributed by atoms with Crippen molar-refractivity contribution in [3.05, 3.63) is 35.9 Å². The van der Waals surface area contributed by atoms with Crippen LogP contribution in [0.4, 0.5) is 10.5 Å². The van der Waals surface area contributed by atoms with Crippen LogP contribution in [0.3, 0.4) is 0 Å². The highest BCUT2D eigenvalue weighted by Gasteiger charge is 2.25. The molecule has 5 nitrogen and oxygen atoms in total. The molecule has 2 N–H and O–H groups in total. The molecule has 2 amide bonds. The summed E-state index contributed by atoms with van der Waals surface area (Å²) in [5, 5.41) is 11.4. The van der Waals surface area contributed by atoms with E-state index in [0.29, 0.717) is 5.69 Å². The maximum absolute atomic E-state index is 12.1. The molecule has 0 heterocycles. The first-order valence-corrected chi connectivity index (χ1v) is 6.82. The molecule has 0 bridgehead atoms. The van der Waals surface area contributed by atoms with Crippen LogP contribution in [-0.4, -0.2) is 34.6 Å². The molecule has 0 aromatic heterocycles. The number of hydrogen-bond acceptors (Lipinski definition) is 2. The van der Waals surface area contributed by atoms with Gasteiger partial charge in [0.2, 0.25) is 0 Å². The molecule has 0 fully saturated rings. The first-order valence-electron chi connectivity index (χ1n) is 6.82. The van der Waals surface area contributed by atoms with Crippen molar-refractivity contribution in [3.8, 4) is 0 Å². The highest BCUT2D eigenvalue weighted by atomic mass is 16.4. The summed E-state index contributed by atoms with van der Waals surface area (Å²) in [7, 11) is 1.77. The normalized spacial score (nSPS) is 11.4. The summed E-state index contributed by atoms with van der Waals surface area (Å²) < 4.78 is 0. The number of carbonyl (C=O) groups excluding carboxylic acids is 1. The van der Waals surface area contributed by atoms with Crippen LogP contribution in [0.25, 0.3) is 6.08 Å². The molecule has 0 spiro atoms. The van der Waals surface area contributed by atoms with Crippen molar-refractivity contribution in [1.82, 2.24) is 4.90 Å². The van der Waals surface area contributed by atoms with Crippen LogP contribution in [-0.2, 0) is 4.79 Å². The second-order valence-electron chi connectivity index (χ2n) is 5.45. The fourth-order valence-corrected chi connectivity index (χ4v) is 1.56. The van der Waals surface area contributed by atoms with Crippen molar-refractivity contribution in [2.24, 2.45) is 0 Å². The Balaban J connectivity index is 2.72. The first-order chi connectivity index (χ1) is 9.76. The van der Waals surface area contributed by atoms with Crippen molar-refractivity contribution in [3.63, 3.8) is 0 Å². The number of aliphatic carboxylic acids is 1. The monoisotopic (exact) mass is 290 g/mol. The van der Waals surface area contributed by atoms with Crippen molar-refractivity contribution >= 4 is 23.8 Å². The SMILES string of the molecule is CCC(C)(C)N(C)C(=O)Nc1ccc(C=CC(=O)O)cc1. The lowest BCUT2D eigenvalue weighted by Crippen LogP contribution is -2.46. The lowest BCUT2D eigenvalue weighted by molar-refractivity contribution is -0.131. The molecule has 0 aliphatic carbocycles. The summed E-state index contributed by atoms with van der Waals surface area (Å²) in [5.74, 6) is -0.990. The summed E-state index contributed by atoms with van der Waals surface area (Å²) >= 11 is 0. The molecule has 0 aliphatic rings. The van der Waals surface area contributed by atoms with E-state index in [1.54, 1.807) is 36.2 Å². The molecule has 1 aromatic carbocycles. The average Bonchev–Trinajstić information content (AvgIpc) is 2.45. The van der Waals surface area contributed by atoms with Crippen molar-refractivity contribution in [2.45, 2.75) is 32.7 Å². The second-order valence-corrected chi connectivity index (χ2v) is 5.45. The van der Waals surface area contributed by atoms with E-state index in [4.69, 9.17) is 5.11 Å². The fourth-order valence-electron chi connectivity index (χ4n) is 1.56. The second kappa shape index (κ2) is 6.92. The Hall–Kier alpha value is -2.30. The molecule has 5 heteroatoms. The number of nitrogens with zero attached hydrogens (tertiary/aromatic N) is 1. The molecule has 0 saturated heterocycles. The molecular formula is C16H22N2O3. The van der Waals surface area contributed by atoms with Crippen LogP contribution in [0.15, 0.2) is 30.3 Å². The summed E-state index contributed by atoms with van der Waals surface area (Å²) in [6, 6.07) is 6.81. The van der Waals surface area contributed by atoms with Gasteiger partial charge in [0.05, 0.1) is 0 Å². The van der Waals surface area contributed by atoms with Crippen LogP contribution >= 0.6 is 0 Å². The van der Waals surface area contributed by atoms with E-state index in [9.17, 15) is 9.59 Å². The van der Waals surface area contributed by atoms with E-state index in [0.717, 1.165) is 18.1 Å². The van der Waals surface area contributed by atoms with Gasteiger partial charge in [-0.15, -0.1) is 0 Å². The van der Waals surface area contributed by atoms with Gasteiger partial charge in [-0.3, -0.25) is 0 Å². The maximum atomic E-state index is 12.1. The fraction of sp³-hybridized carbons (Fsp3) is 0.375. The van der Waals surface area contributed by atoms with E-state index in [-0.39, 0.29) is 11.6 Å². The lowest BCUT2D eigenvalue weighted by atomic mass is 10.0. The third kappa shape index (κ3) is 4.95. The number of urea groups is 1. The van der Waals surface area contributed by atoms with Gasteiger partial charge in [-0.05, 0) is 44.0 Å². The molecule has 0 aliphatic heterocycles. The Labute approximate surface area is 125 Å². The number of benzene rings is 1. The molecule has 1 aromatic rings. The van der Waals surface area contributed by atoms with Crippen molar-refractivity contribution in [2.75, 3.05) is 12.4 Å². The molecule has 114 valence electrons. The van der Waals surface area contributed by atoms with Gasteiger partial charge in [0.25, 0.3) is 0 Å². The van der Waals surface area contributed by atoms with E-state index in [1.807, 2.05) is 20.8 Å². The molecule has 0 saturated carbocycles. The molecular weight excluding hydrogens is 268 g/mol. The molecule has 0 radical (unpaired) electrons. The van der Waals surface area contributed by atoms with E-state index >= 15 is 0 Å². The standard InChI is InChI=1S/C16H22N2O3/c1-5-16(2,3)18(4)15(21)17-13-9-6-12(7-10-13)8-11-14(19)20/h6-11H,5H2,1-4H3,(H,17,21)(H,19,20). The minimum Gasteiger partial charge on any atom is -0.478 e. The van der Waals surface area contributed by atoms with Crippen LogP contribution in [0.1, 0.15) is 32.8 Å². The van der Waals surface area contributed by atoms with Crippen LogP contribution in [0.2, 0.25) is 0 Å². The van der Waals surface area contributed by atoms with Crippen LogP contribution in [0, 0.1) is 0 Å². The zero-order valence-electron chi connectivity index (χ0n) is 12.9. The Morgan fingerprint density at radius 3 is 2.33 bits per heavy atom. The van der Waals surface area contributed by atoms with Crippen molar-refractivity contribution < 1.29 is 14.7 Å². The van der Waals surface area contributed by atoms with Crippen LogP contribution in [0.5, 0.6) is 0 Å². The number of nitrogens with one attached hydrogen (secondary N) is 1. The lowest BCUT2D eigenvalue weighted by Gasteiger charge is -2.34. The number of carboxylic acid groups (broad SMARTS) is 1. The summed E-state index contributed by atoms with van der Waals surface area (Å²) in [6.07, 6.45) is 3.43. The molecule has 1 rings (SSSR count). The summed E-state index contributed by atoms with van der Waals surface area (Å²) in [5.41, 5.74) is 1.22. The average molecular weight is 290 g/mol. The van der Waals surface area contributed by atoms with Gasteiger partial charge in [-0.2, -0.15) is 0 Å². The Morgan fingerprint density at radius 1 is 1.29 bits per heavy atom. The van der Waals surface area contributed by atoms with Gasteiger partial charge in [0, 0.05) is 24.4 Å². The summed E-state index contributed by atoms with van der Waals surface area (Å²) in [6.45, 7) is 6.05. The predicted octanol–water partition coefficient (Wildman–Crippen LogP) is 3.44. The molecule has 0 unspecified atom stereocenters. The predicted molar refractivity (Wildman–Crippen MR) is 84.3 cm³/mol. The first kappa shape index (κ1) is 16.8. The Bertz CT molecular complexity index is 533. The van der Waals surface area contributed by atoms with Gasteiger partial charge in [-0.1, -0.05) is 19.1 Å². The van der Waals surface area contributed by atoms with Gasteiger partial charge < -0.3 is 15.3 Å². The van der Waals surface area contributed by atoms with Crippen LogP contribution < -0.4 is 5.32 Å². The van der Waals surface area contributed by atoms with Gasteiger partial charge >= 0.3 is 12.0 Å².